The van der Waals surface area contributed by atoms with Crippen molar-refractivity contribution in [3.63, 3.8) is 0 Å². The minimum absolute atomic E-state index is 0.123. The van der Waals surface area contributed by atoms with E-state index in [1.54, 1.807) is 6.92 Å². The lowest BCUT2D eigenvalue weighted by Crippen LogP contribution is -2.64. The van der Waals surface area contributed by atoms with Gasteiger partial charge in [0.2, 0.25) is 0 Å². The maximum atomic E-state index is 13.1. The average molecular weight is 157 g/mol. The summed E-state index contributed by atoms with van der Waals surface area (Å²) in [4.78, 5) is 0. The van der Waals surface area contributed by atoms with Crippen LogP contribution in [-0.4, -0.2) is 11.2 Å². The van der Waals surface area contributed by atoms with Crippen molar-refractivity contribution in [1.82, 2.24) is 0 Å². The molecule has 0 unspecified atom stereocenters. The molecule has 0 aliphatic heterocycles. The van der Waals surface area contributed by atoms with E-state index in [-0.39, 0.29) is 5.54 Å². The third kappa shape index (κ3) is 1.08. The van der Waals surface area contributed by atoms with Crippen molar-refractivity contribution in [3.05, 3.63) is 0 Å². The van der Waals surface area contributed by atoms with Gasteiger partial charge in [-0.05, 0) is 38.5 Å². The first kappa shape index (κ1) is 7.53. The highest BCUT2D eigenvalue weighted by Crippen LogP contribution is 2.51. The van der Waals surface area contributed by atoms with Crippen molar-refractivity contribution in [2.75, 3.05) is 0 Å². The van der Waals surface area contributed by atoms with E-state index < -0.39 is 5.67 Å². The first-order chi connectivity index (χ1) is 5.02. The predicted molar refractivity (Wildman–Crippen MR) is 43.0 cm³/mol. The highest BCUT2D eigenvalue weighted by atomic mass is 19.1. The molecule has 0 spiro atoms. The van der Waals surface area contributed by atoms with E-state index >= 15 is 0 Å². The molecule has 0 atom stereocenters. The Bertz CT molecular complexity index is 164. The molecule has 2 heteroatoms. The van der Waals surface area contributed by atoms with E-state index in [9.17, 15) is 4.39 Å². The topological polar surface area (TPSA) is 26.0 Å². The lowest BCUT2D eigenvalue weighted by molar-refractivity contribution is -0.0483. The largest absolute Gasteiger partial charge is 0.325 e. The second-order valence-electron chi connectivity index (χ2n) is 4.63. The summed E-state index contributed by atoms with van der Waals surface area (Å²) in [6.45, 7) is 1.66. The molecule has 2 aliphatic rings. The minimum atomic E-state index is -0.954. The molecule has 0 aromatic heterocycles. The molecule has 2 fully saturated rings. The van der Waals surface area contributed by atoms with Gasteiger partial charge in [-0.15, -0.1) is 0 Å². The van der Waals surface area contributed by atoms with Gasteiger partial charge in [-0.2, -0.15) is 0 Å². The standard InChI is InChI=1S/C9H16FN/c1-8(10)5-9(11,6-8)7-3-2-4-7/h7H,2-6,11H2,1H3. The van der Waals surface area contributed by atoms with Crippen molar-refractivity contribution in [1.29, 1.82) is 0 Å². The molecule has 2 rings (SSSR count). The molecule has 0 aromatic rings. The number of rotatable bonds is 1. The zero-order chi connectivity index (χ0) is 8.11. The summed E-state index contributed by atoms with van der Waals surface area (Å²) in [5.74, 6) is 0.631. The fraction of sp³-hybridized carbons (Fsp3) is 1.00. The van der Waals surface area contributed by atoms with Crippen LogP contribution in [0.5, 0.6) is 0 Å². The molecular weight excluding hydrogens is 141 g/mol. The van der Waals surface area contributed by atoms with Gasteiger partial charge in [-0.3, -0.25) is 0 Å². The van der Waals surface area contributed by atoms with Crippen LogP contribution in [0.1, 0.15) is 39.0 Å². The molecular formula is C9H16FN. The van der Waals surface area contributed by atoms with Crippen LogP contribution >= 0.6 is 0 Å². The van der Waals surface area contributed by atoms with Gasteiger partial charge in [0, 0.05) is 5.54 Å². The minimum Gasteiger partial charge on any atom is -0.325 e. The number of halogens is 1. The maximum Gasteiger partial charge on any atom is 0.111 e. The van der Waals surface area contributed by atoms with Crippen LogP contribution in [0, 0.1) is 5.92 Å². The first-order valence-electron chi connectivity index (χ1n) is 4.50. The molecule has 0 heterocycles. The first-order valence-corrected chi connectivity index (χ1v) is 4.50. The SMILES string of the molecule is CC1(F)CC(N)(C2CCC2)C1. The fourth-order valence-corrected chi connectivity index (χ4v) is 2.59. The van der Waals surface area contributed by atoms with Crippen LogP contribution in [0.2, 0.25) is 0 Å². The van der Waals surface area contributed by atoms with Crippen molar-refractivity contribution >= 4 is 0 Å². The summed E-state index contributed by atoms with van der Waals surface area (Å²) in [5, 5.41) is 0. The van der Waals surface area contributed by atoms with Crippen molar-refractivity contribution in [3.8, 4) is 0 Å². The van der Waals surface area contributed by atoms with Gasteiger partial charge in [0.1, 0.15) is 5.67 Å². The normalized spacial score (nSPS) is 51.5. The van der Waals surface area contributed by atoms with Crippen LogP contribution in [0.4, 0.5) is 4.39 Å². The summed E-state index contributed by atoms with van der Waals surface area (Å²) in [7, 11) is 0. The Balaban J connectivity index is 1.94. The maximum absolute atomic E-state index is 13.1. The molecule has 1 nitrogen and oxygen atoms in total. The second kappa shape index (κ2) is 1.98. The highest BCUT2D eigenvalue weighted by Gasteiger charge is 2.55. The Hall–Kier alpha value is -0.110. The molecule has 11 heavy (non-hydrogen) atoms. The number of hydrogen-bond acceptors (Lipinski definition) is 1. The number of nitrogens with two attached hydrogens (primary N) is 1. The van der Waals surface area contributed by atoms with Gasteiger partial charge >= 0.3 is 0 Å². The molecule has 2 saturated carbocycles. The molecule has 0 radical (unpaired) electrons. The zero-order valence-corrected chi connectivity index (χ0v) is 7.07. The average Bonchev–Trinajstić information content (AvgIpc) is 1.49. The van der Waals surface area contributed by atoms with Gasteiger partial charge in [0.15, 0.2) is 0 Å². The summed E-state index contributed by atoms with van der Waals surface area (Å²) in [6.07, 6.45) is 4.93. The Morgan fingerprint density at radius 1 is 1.36 bits per heavy atom. The zero-order valence-electron chi connectivity index (χ0n) is 7.07. The second-order valence-corrected chi connectivity index (χ2v) is 4.63. The van der Waals surface area contributed by atoms with E-state index in [0.717, 1.165) is 0 Å². The van der Waals surface area contributed by atoms with Crippen LogP contribution in [0.25, 0.3) is 0 Å². The molecule has 2 aliphatic carbocycles. The predicted octanol–water partition coefficient (Wildman–Crippen LogP) is 2.01. The van der Waals surface area contributed by atoms with Crippen LogP contribution in [-0.2, 0) is 0 Å². The molecule has 64 valence electrons. The quantitative estimate of drug-likeness (QED) is 0.619. The van der Waals surface area contributed by atoms with Crippen molar-refractivity contribution in [2.24, 2.45) is 11.7 Å². The lowest BCUT2D eigenvalue weighted by Gasteiger charge is -2.55. The van der Waals surface area contributed by atoms with E-state index in [0.29, 0.717) is 18.8 Å². The van der Waals surface area contributed by atoms with E-state index in [1.807, 2.05) is 0 Å². The van der Waals surface area contributed by atoms with Gasteiger partial charge in [0.25, 0.3) is 0 Å². The highest BCUT2D eigenvalue weighted by molar-refractivity contribution is 5.11. The third-order valence-corrected chi connectivity index (χ3v) is 3.31. The molecule has 0 amide bonds. The van der Waals surface area contributed by atoms with Crippen LogP contribution in [0.3, 0.4) is 0 Å². The lowest BCUT2D eigenvalue weighted by atomic mass is 9.56. The monoisotopic (exact) mass is 157 g/mol. The molecule has 0 saturated heterocycles. The Morgan fingerprint density at radius 2 is 1.91 bits per heavy atom. The van der Waals surface area contributed by atoms with E-state index in [4.69, 9.17) is 5.73 Å². The number of alkyl halides is 1. The van der Waals surface area contributed by atoms with Gasteiger partial charge in [-0.25, -0.2) is 4.39 Å². The molecule has 0 aromatic carbocycles. The summed E-state index contributed by atoms with van der Waals surface area (Å²) in [5.41, 5.74) is 4.97. The summed E-state index contributed by atoms with van der Waals surface area (Å²) >= 11 is 0. The Morgan fingerprint density at radius 3 is 2.18 bits per heavy atom. The fourth-order valence-electron chi connectivity index (χ4n) is 2.59. The van der Waals surface area contributed by atoms with E-state index in [2.05, 4.69) is 0 Å². The molecule has 0 bridgehead atoms. The Kier molecular flexibility index (Phi) is 1.35. The van der Waals surface area contributed by atoms with Crippen LogP contribution in [0.15, 0.2) is 0 Å². The Labute approximate surface area is 67.2 Å². The van der Waals surface area contributed by atoms with Gasteiger partial charge in [0.05, 0.1) is 0 Å². The van der Waals surface area contributed by atoms with Crippen molar-refractivity contribution in [2.45, 2.75) is 50.2 Å². The van der Waals surface area contributed by atoms with E-state index in [1.165, 1.54) is 19.3 Å². The summed E-state index contributed by atoms with van der Waals surface area (Å²) in [6, 6.07) is 0. The third-order valence-electron chi connectivity index (χ3n) is 3.31. The van der Waals surface area contributed by atoms with Gasteiger partial charge in [-0.1, -0.05) is 6.42 Å². The van der Waals surface area contributed by atoms with Crippen LogP contribution < -0.4 is 5.73 Å². The van der Waals surface area contributed by atoms with Gasteiger partial charge < -0.3 is 5.73 Å². The molecule has 2 N–H and O–H groups in total. The number of hydrogen-bond donors (Lipinski definition) is 1. The summed E-state index contributed by atoms with van der Waals surface area (Å²) < 4.78 is 13.1. The van der Waals surface area contributed by atoms with Crippen molar-refractivity contribution < 1.29 is 4.39 Å². The smallest absolute Gasteiger partial charge is 0.111 e.